The van der Waals surface area contributed by atoms with Gasteiger partial charge in [0.2, 0.25) is 5.91 Å². The molecule has 1 saturated carbocycles. The summed E-state index contributed by atoms with van der Waals surface area (Å²) in [6.45, 7) is 0.250. The number of carbonyl (C=O) groups is 1. The van der Waals surface area contributed by atoms with Gasteiger partial charge in [0.05, 0.1) is 0 Å². The van der Waals surface area contributed by atoms with Crippen LogP contribution in [0.1, 0.15) is 25.7 Å². The maximum atomic E-state index is 11.5. The Morgan fingerprint density at radius 2 is 1.94 bits per heavy atom. The molecule has 1 aliphatic rings. The second-order valence-corrected chi connectivity index (χ2v) is 5.23. The summed E-state index contributed by atoms with van der Waals surface area (Å²) in [6.07, 6.45) is 8.17. The van der Waals surface area contributed by atoms with E-state index in [1.807, 2.05) is 0 Å². The van der Waals surface area contributed by atoms with Gasteiger partial charge in [-0.05, 0) is 37.7 Å². The van der Waals surface area contributed by atoms with Crippen LogP contribution in [0.5, 0.6) is 0 Å². The summed E-state index contributed by atoms with van der Waals surface area (Å²) in [5.74, 6) is 0.264. The first-order valence-electron chi connectivity index (χ1n) is 5.72. The van der Waals surface area contributed by atoms with Crippen LogP contribution >= 0.6 is 23.2 Å². The van der Waals surface area contributed by atoms with Crippen molar-refractivity contribution in [2.45, 2.75) is 31.7 Å². The Morgan fingerprint density at radius 1 is 1.29 bits per heavy atom. The number of allylic oxidation sites excluding steroid dienone is 2. The first-order chi connectivity index (χ1) is 8.11. The van der Waals surface area contributed by atoms with Crippen LogP contribution in [0.15, 0.2) is 22.7 Å². The molecule has 0 radical (unpaired) electrons. The molecule has 1 rings (SSSR count). The molecule has 0 atom stereocenters. The van der Waals surface area contributed by atoms with Crippen LogP contribution in [0.3, 0.4) is 0 Å². The van der Waals surface area contributed by atoms with Gasteiger partial charge in [0.15, 0.2) is 0 Å². The molecule has 2 N–H and O–H groups in total. The Hall–Kier alpha value is -0.510. The van der Waals surface area contributed by atoms with Gasteiger partial charge in [-0.1, -0.05) is 29.3 Å². The lowest BCUT2D eigenvalue weighted by atomic mass is 9.86. The minimum atomic E-state index is -0.136. The van der Waals surface area contributed by atoms with Crippen LogP contribution in [0, 0.1) is 5.92 Å². The lowest BCUT2D eigenvalue weighted by molar-refractivity contribution is -0.117. The molecule has 0 aliphatic heterocycles. The number of halogens is 2. The molecule has 0 bridgehead atoms. The van der Waals surface area contributed by atoms with Crippen LogP contribution in [0.4, 0.5) is 0 Å². The van der Waals surface area contributed by atoms with Crippen molar-refractivity contribution in [1.29, 1.82) is 0 Å². The SMILES string of the molecule is O=C(/C=C/C=C(Cl)Cl)NC1CCC(CO)CC1. The second-order valence-electron chi connectivity index (χ2n) is 4.22. The summed E-state index contributed by atoms with van der Waals surface area (Å²) in [5.41, 5.74) is 0. The van der Waals surface area contributed by atoms with Crippen LogP contribution in [-0.2, 0) is 4.79 Å². The molecule has 3 nitrogen and oxygen atoms in total. The number of rotatable bonds is 4. The van der Waals surface area contributed by atoms with Gasteiger partial charge in [-0.2, -0.15) is 0 Å². The van der Waals surface area contributed by atoms with Crippen molar-refractivity contribution in [2.75, 3.05) is 6.61 Å². The van der Waals surface area contributed by atoms with E-state index in [0.717, 1.165) is 25.7 Å². The first-order valence-corrected chi connectivity index (χ1v) is 6.48. The van der Waals surface area contributed by atoms with Crippen molar-refractivity contribution >= 4 is 29.1 Å². The average Bonchev–Trinajstić information content (AvgIpc) is 2.29. The Kier molecular flexibility index (Phi) is 6.63. The van der Waals surface area contributed by atoms with E-state index in [4.69, 9.17) is 28.3 Å². The molecule has 0 unspecified atom stereocenters. The highest BCUT2D eigenvalue weighted by Crippen LogP contribution is 2.23. The van der Waals surface area contributed by atoms with Crippen molar-refractivity contribution in [2.24, 2.45) is 5.92 Å². The molecular formula is C12H17Cl2NO2. The number of amides is 1. The van der Waals surface area contributed by atoms with E-state index in [9.17, 15) is 4.79 Å². The summed E-state index contributed by atoms with van der Waals surface area (Å²) in [6, 6.07) is 0.213. The fraction of sp³-hybridized carbons (Fsp3) is 0.583. The van der Waals surface area contributed by atoms with E-state index >= 15 is 0 Å². The van der Waals surface area contributed by atoms with E-state index in [2.05, 4.69) is 5.32 Å². The number of aliphatic hydroxyl groups excluding tert-OH is 1. The number of carbonyl (C=O) groups excluding carboxylic acids is 1. The predicted octanol–water partition coefficient (Wildman–Crippen LogP) is 2.53. The molecule has 1 aliphatic carbocycles. The average molecular weight is 278 g/mol. The van der Waals surface area contributed by atoms with Crippen LogP contribution in [-0.4, -0.2) is 23.7 Å². The van der Waals surface area contributed by atoms with Crippen molar-refractivity contribution in [1.82, 2.24) is 5.32 Å². The number of hydrogen-bond donors (Lipinski definition) is 2. The molecule has 0 aromatic rings. The fourth-order valence-corrected chi connectivity index (χ4v) is 2.09. The second kappa shape index (κ2) is 7.75. The largest absolute Gasteiger partial charge is 0.396 e. The van der Waals surface area contributed by atoms with Gasteiger partial charge in [-0.15, -0.1) is 0 Å². The van der Waals surface area contributed by atoms with E-state index in [-0.39, 0.29) is 23.0 Å². The zero-order valence-electron chi connectivity index (χ0n) is 9.53. The Labute approximate surface area is 111 Å². The summed E-state index contributed by atoms with van der Waals surface area (Å²) in [5, 5.41) is 11.9. The Morgan fingerprint density at radius 3 is 2.47 bits per heavy atom. The van der Waals surface area contributed by atoms with Crippen molar-refractivity contribution in [3.63, 3.8) is 0 Å². The Balaban J connectivity index is 2.28. The number of nitrogens with one attached hydrogen (secondary N) is 1. The molecule has 1 fully saturated rings. The summed E-state index contributed by atoms with van der Waals surface area (Å²) in [4.78, 5) is 11.5. The van der Waals surface area contributed by atoms with Crippen LogP contribution in [0.2, 0.25) is 0 Å². The summed E-state index contributed by atoms with van der Waals surface area (Å²) >= 11 is 10.8. The van der Waals surface area contributed by atoms with Crippen molar-refractivity contribution in [3.05, 3.63) is 22.7 Å². The molecule has 0 saturated heterocycles. The quantitative estimate of drug-likeness (QED) is 0.613. The highest BCUT2D eigenvalue weighted by atomic mass is 35.5. The molecule has 0 spiro atoms. The lowest BCUT2D eigenvalue weighted by Gasteiger charge is -2.27. The normalized spacial score (nSPS) is 24.6. The van der Waals surface area contributed by atoms with Gasteiger partial charge in [0, 0.05) is 18.7 Å². The van der Waals surface area contributed by atoms with E-state index in [1.54, 1.807) is 0 Å². The summed E-state index contributed by atoms with van der Waals surface area (Å²) in [7, 11) is 0. The van der Waals surface area contributed by atoms with Gasteiger partial charge >= 0.3 is 0 Å². The maximum absolute atomic E-state index is 11.5. The van der Waals surface area contributed by atoms with Crippen molar-refractivity contribution in [3.8, 4) is 0 Å². The highest BCUT2D eigenvalue weighted by Gasteiger charge is 2.20. The predicted molar refractivity (Wildman–Crippen MR) is 69.9 cm³/mol. The van der Waals surface area contributed by atoms with Crippen molar-refractivity contribution < 1.29 is 9.90 Å². The van der Waals surface area contributed by atoms with Crippen LogP contribution in [0.25, 0.3) is 0 Å². The molecular weight excluding hydrogens is 261 g/mol. The van der Waals surface area contributed by atoms with E-state index in [1.165, 1.54) is 18.2 Å². The lowest BCUT2D eigenvalue weighted by Crippen LogP contribution is -2.37. The van der Waals surface area contributed by atoms with Gasteiger partial charge in [0.1, 0.15) is 4.49 Å². The number of aliphatic hydroxyl groups is 1. The standard InChI is InChI=1S/C12H17Cl2NO2/c13-11(14)2-1-3-12(17)15-10-6-4-9(8-16)5-7-10/h1-3,9-10,16H,4-8H2,(H,15,17)/b3-1+. The minimum absolute atomic E-state index is 0.123. The topological polar surface area (TPSA) is 49.3 Å². The third-order valence-corrected chi connectivity index (χ3v) is 3.17. The minimum Gasteiger partial charge on any atom is -0.396 e. The zero-order valence-corrected chi connectivity index (χ0v) is 11.0. The molecule has 0 heterocycles. The van der Waals surface area contributed by atoms with Gasteiger partial charge in [-0.3, -0.25) is 4.79 Å². The molecule has 0 aromatic carbocycles. The zero-order chi connectivity index (χ0) is 12.7. The molecule has 5 heteroatoms. The fourth-order valence-electron chi connectivity index (χ4n) is 1.95. The highest BCUT2D eigenvalue weighted by molar-refractivity contribution is 6.56. The smallest absolute Gasteiger partial charge is 0.244 e. The maximum Gasteiger partial charge on any atom is 0.244 e. The van der Waals surface area contributed by atoms with Gasteiger partial charge in [0.25, 0.3) is 0 Å². The Bertz CT molecular complexity index is 304. The molecule has 96 valence electrons. The van der Waals surface area contributed by atoms with Crippen LogP contribution < -0.4 is 5.32 Å². The first kappa shape index (κ1) is 14.6. The number of hydrogen-bond acceptors (Lipinski definition) is 2. The third-order valence-electron chi connectivity index (χ3n) is 2.92. The monoisotopic (exact) mass is 277 g/mol. The molecule has 1 amide bonds. The van der Waals surface area contributed by atoms with E-state index < -0.39 is 0 Å². The van der Waals surface area contributed by atoms with Gasteiger partial charge in [-0.25, -0.2) is 0 Å². The third kappa shape index (κ3) is 6.10. The molecule has 0 aromatic heterocycles. The van der Waals surface area contributed by atoms with E-state index in [0.29, 0.717) is 5.92 Å². The van der Waals surface area contributed by atoms with Gasteiger partial charge < -0.3 is 10.4 Å². The molecule has 17 heavy (non-hydrogen) atoms. The summed E-state index contributed by atoms with van der Waals surface area (Å²) < 4.78 is 0.123.